The van der Waals surface area contributed by atoms with E-state index in [2.05, 4.69) is 217 Å². The summed E-state index contributed by atoms with van der Waals surface area (Å²) in [5.41, 5.74) is 13.4. The highest BCUT2D eigenvalue weighted by Gasteiger charge is 2.25. The van der Waals surface area contributed by atoms with E-state index in [1.807, 2.05) is 18.2 Å². The number of benzene rings is 8. The van der Waals surface area contributed by atoms with Gasteiger partial charge in [0.1, 0.15) is 0 Å². The topological polar surface area (TPSA) is 48.5 Å². The summed E-state index contributed by atoms with van der Waals surface area (Å²) in [6, 6.07) is 68.7. The number of hydrogen-bond donors (Lipinski definition) is 0. The van der Waals surface area contributed by atoms with Gasteiger partial charge in [-0.05, 0) is 60.0 Å². The molecule has 0 aliphatic rings. The molecule has 0 N–H and O–H groups in total. The van der Waals surface area contributed by atoms with Gasteiger partial charge >= 0.3 is 0 Å². The number of para-hydroxylation sites is 6. The zero-order valence-corrected chi connectivity index (χ0v) is 34.7. The fourth-order valence-electron chi connectivity index (χ4n) is 9.10. The molecule has 5 nitrogen and oxygen atoms in total. The Morgan fingerprint density at radius 3 is 1.16 bits per heavy atom. The zero-order valence-electron chi connectivity index (χ0n) is 34.7. The van der Waals surface area contributed by atoms with Crippen LogP contribution in [0.15, 0.2) is 225 Å². The lowest BCUT2D eigenvalue weighted by molar-refractivity contribution is 1.02. The second-order valence-electron chi connectivity index (χ2n) is 15.7. The van der Waals surface area contributed by atoms with E-state index in [0.29, 0.717) is 17.5 Å². The Morgan fingerprint density at radius 2 is 0.762 bits per heavy atom. The van der Waals surface area contributed by atoms with Crippen LogP contribution in [0.4, 0.5) is 0 Å². The maximum Gasteiger partial charge on any atom is 0.166 e. The van der Waals surface area contributed by atoms with Gasteiger partial charge in [0, 0.05) is 43.8 Å². The fourth-order valence-corrected chi connectivity index (χ4v) is 9.10. The Bertz CT molecular complexity index is 3260. The fraction of sp³-hybridized carbons (Fsp3) is 0.0172. The van der Waals surface area contributed by atoms with Gasteiger partial charge < -0.3 is 9.13 Å². The summed E-state index contributed by atoms with van der Waals surface area (Å²) in [5.74, 6) is 1.73. The van der Waals surface area contributed by atoms with Crippen molar-refractivity contribution in [1.82, 2.24) is 24.1 Å². The molecule has 11 aromatic rings. The summed E-state index contributed by atoms with van der Waals surface area (Å²) in [7, 11) is 0. The van der Waals surface area contributed by atoms with Crippen molar-refractivity contribution < 1.29 is 0 Å². The van der Waals surface area contributed by atoms with E-state index in [4.69, 9.17) is 15.0 Å². The lowest BCUT2D eigenvalue weighted by atomic mass is 9.98. The van der Waals surface area contributed by atoms with Crippen molar-refractivity contribution in [3.8, 4) is 56.4 Å². The van der Waals surface area contributed by atoms with Crippen LogP contribution in [0.5, 0.6) is 0 Å². The molecule has 0 bridgehead atoms. The molecule has 0 spiro atoms. The van der Waals surface area contributed by atoms with Gasteiger partial charge in [0.25, 0.3) is 0 Å². The molecule has 8 aromatic carbocycles. The van der Waals surface area contributed by atoms with E-state index in [-0.39, 0.29) is 0 Å². The molecule has 0 saturated heterocycles. The van der Waals surface area contributed by atoms with Crippen LogP contribution in [0.2, 0.25) is 0 Å². The number of hydrogen-bond acceptors (Lipinski definition) is 3. The molecule has 0 aliphatic carbocycles. The van der Waals surface area contributed by atoms with Crippen molar-refractivity contribution in [2.24, 2.45) is 0 Å². The van der Waals surface area contributed by atoms with Crippen LogP contribution >= 0.6 is 0 Å². The molecule has 5 heteroatoms. The first kappa shape index (κ1) is 37.6. The minimum Gasteiger partial charge on any atom is -0.308 e. The summed E-state index contributed by atoms with van der Waals surface area (Å²) < 4.78 is 4.78. The molecule has 0 amide bonds. The smallest absolute Gasteiger partial charge is 0.166 e. The minimum atomic E-state index is 0.573. The Hall–Kier alpha value is -8.41. The third-order valence-electron chi connectivity index (χ3n) is 11.9. The van der Waals surface area contributed by atoms with Gasteiger partial charge in [-0.1, -0.05) is 189 Å². The van der Waals surface area contributed by atoms with Crippen LogP contribution < -0.4 is 0 Å². The molecule has 11 rings (SSSR count). The first-order valence-electron chi connectivity index (χ1n) is 21.2. The molecule has 298 valence electrons. The highest BCUT2D eigenvalue weighted by Crippen LogP contribution is 2.43. The molecule has 0 radical (unpaired) electrons. The van der Waals surface area contributed by atoms with Crippen molar-refractivity contribution in [2.45, 2.75) is 6.92 Å². The van der Waals surface area contributed by atoms with E-state index in [1.54, 1.807) is 6.08 Å². The van der Waals surface area contributed by atoms with Gasteiger partial charge in [-0.2, -0.15) is 0 Å². The van der Waals surface area contributed by atoms with Crippen LogP contribution in [0.3, 0.4) is 0 Å². The molecule has 0 aliphatic heterocycles. The third kappa shape index (κ3) is 6.46. The van der Waals surface area contributed by atoms with Gasteiger partial charge in [0.2, 0.25) is 0 Å². The molecule has 0 fully saturated rings. The largest absolute Gasteiger partial charge is 0.308 e. The van der Waals surface area contributed by atoms with Crippen LogP contribution in [-0.4, -0.2) is 24.1 Å². The van der Waals surface area contributed by atoms with Crippen molar-refractivity contribution in [3.05, 3.63) is 231 Å². The van der Waals surface area contributed by atoms with E-state index in [1.165, 1.54) is 21.5 Å². The molecule has 3 aromatic heterocycles. The average molecular weight is 808 g/mol. The summed E-state index contributed by atoms with van der Waals surface area (Å²) in [6.07, 6.45) is 7.70. The second-order valence-corrected chi connectivity index (χ2v) is 15.7. The molecule has 0 saturated carbocycles. The first-order chi connectivity index (χ1) is 31.2. The lowest BCUT2D eigenvalue weighted by Crippen LogP contribution is -2.08. The molecular weight excluding hydrogens is 767 g/mol. The zero-order chi connectivity index (χ0) is 42.3. The van der Waals surface area contributed by atoms with Crippen molar-refractivity contribution in [2.75, 3.05) is 0 Å². The highest BCUT2D eigenvalue weighted by atomic mass is 15.1. The van der Waals surface area contributed by atoms with Gasteiger partial charge in [-0.15, -0.1) is 0 Å². The first-order valence-corrected chi connectivity index (χ1v) is 21.2. The third-order valence-corrected chi connectivity index (χ3v) is 11.9. The Morgan fingerprint density at radius 1 is 0.397 bits per heavy atom. The Balaban J connectivity index is 1.26. The quantitative estimate of drug-likeness (QED) is 0.137. The van der Waals surface area contributed by atoms with E-state index in [0.717, 1.165) is 72.4 Å². The predicted molar refractivity (Wildman–Crippen MR) is 263 cm³/mol. The summed E-state index contributed by atoms with van der Waals surface area (Å²) in [5, 5.41) is 4.72. The van der Waals surface area contributed by atoms with Crippen LogP contribution in [0.25, 0.3) is 106 Å². The molecule has 0 atom stereocenters. The molecule has 63 heavy (non-hydrogen) atoms. The van der Waals surface area contributed by atoms with Crippen LogP contribution in [0, 0.1) is 0 Å². The van der Waals surface area contributed by atoms with E-state index < -0.39 is 0 Å². The number of fused-ring (bicyclic) bond motifs is 6. The SMILES string of the molecule is C=C/C=C\C=C(/C)c1nc(-c2cccc(-c3ccccc3)c2-n2c3ccccc3c3ccccc32)nc(-c2cccc(-c3ccccc3)c2-n2c3ccccc3c3ccccc32)n1. The van der Waals surface area contributed by atoms with Gasteiger partial charge in [-0.25, -0.2) is 15.0 Å². The maximum absolute atomic E-state index is 5.57. The lowest BCUT2D eigenvalue weighted by Gasteiger charge is -2.20. The van der Waals surface area contributed by atoms with Crippen LogP contribution in [0.1, 0.15) is 12.7 Å². The Kier molecular flexibility index (Phi) is 9.48. The summed E-state index contributed by atoms with van der Waals surface area (Å²) in [6.45, 7) is 5.95. The van der Waals surface area contributed by atoms with Gasteiger partial charge in [-0.3, -0.25) is 0 Å². The number of aromatic nitrogens is 5. The van der Waals surface area contributed by atoms with Crippen LogP contribution in [-0.2, 0) is 0 Å². The van der Waals surface area contributed by atoms with Crippen molar-refractivity contribution >= 4 is 49.2 Å². The summed E-state index contributed by atoms with van der Waals surface area (Å²) >= 11 is 0. The average Bonchev–Trinajstić information content (AvgIpc) is 3.87. The van der Waals surface area contributed by atoms with Gasteiger partial charge in [0.15, 0.2) is 17.5 Å². The normalized spacial score (nSPS) is 12.0. The predicted octanol–water partition coefficient (Wildman–Crippen LogP) is 14.9. The minimum absolute atomic E-state index is 0.573. The molecule has 3 heterocycles. The highest BCUT2D eigenvalue weighted by molar-refractivity contribution is 6.12. The molecular formula is C58H41N5. The summed E-state index contributed by atoms with van der Waals surface area (Å²) in [4.78, 5) is 16.3. The monoisotopic (exact) mass is 807 g/mol. The maximum atomic E-state index is 5.57. The van der Waals surface area contributed by atoms with E-state index in [9.17, 15) is 0 Å². The Labute approximate surface area is 365 Å². The van der Waals surface area contributed by atoms with Crippen molar-refractivity contribution in [3.63, 3.8) is 0 Å². The number of rotatable bonds is 9. The number of allylic oxidation sites excluding steroid dienone is 5. The van der Waals surface area contributed by atoms with Gasteiger partial charge in [0.05, 0.1) is 33.4 Å². The van der Waals surface area contributed by atoms with E-state index >= 15 is 0 Å². The number of nitrogens with zero attached hydrogens (tertiary/aromatic N) is 5. The molecule has 0 unspecified atom stereocenters. The second kappa shape index (κ2) is 15.9. The van der Waals surface area contributed by atoms with Crippen molar-refractivity contribution in [1.29, 1.82) is 0 Å². The standard InChI is InChI=1S/C58H41N5/c1-3-4-7-22-39(2)56-59-57(48-33-20-31-42(40-23-8-5-9-24-40)54(48)62-50-35-16-12-27-44(50)45-28-13-17-36-51(45)62)61-58(60-56)49-34-21-32-43(41-25-10-6-11-26-41)55(49)63-52-37-18-14-29-46(52)47-30-15-19-38-53(47)63/h3-38H,1H2,2H3/b7-4-,39-22+.